The summed E-state index contributed by atoms with van der Waals surface area (Å²) in [7, 11) is 4.61. The van der Waals surface area contributed by atoms with E-state index in [-0.39, 0.29) is 17.9 Å². The Labute approximate surface area is 178 Å². The van der Waals surface area contributed by atoms with Crippen LogP contribution >= 0.6 is 0 Å². The predicted octanol–water partition coefficient (Wildman–Crippen LogP) is 3.50. The van der Waals surface area contributed by atoms with Crippen LogP contribution in [-0.4, -0.2) is 56.9 Å². The minimum Gasteiger partial charge on any atom is -0.493 e. The van der Waals surface area contributed by atoms with E-state index < -0.39 is 0 Å². The molecule has 0 radical (unpaired) electrons. The molecule has 0 spiro atoms. The molecular formula is C24H31NO5. The van der Waals surface area contributed by atoms with Gasteiger partial charge in [0, 0.05) is 30.7 Å². The lowest BCUT2D eigenvalue weighted by Gasteiger charge is -2.30. The van der Waals surface area contributed by atoms with E-state index in [1.165, 1.54) is 38.0 Å². The van der Waals surface area contributed by atoms with E-state index in [1.54, 1.807) is 12.1 Å². The number of aliphatic hydroxyl groups excluding tert-OH is 1. The number of carbonyl (C=O) groups excluding carboxylic acids is 1. The first kappa shape index (κ1) is 22.0. The summed E-state index contributed by atoms with van der Waals surface area (Å²) < 4.78 is 16.2. The van der Waals surface area contributed by atoms with Gasteiger partial charge in [-0.2, -0.15) is 0 Å². The van der Waals surface area contributed by atoms with Gasteiger partial charge in [-0.05, 0) is 55.5 Å². The zero-order valence-electron chi connectivity index (χ0n) is 18.4. The lowest BCUT2D eigenvalue weighted by atomic mass is 9.76. The van der Waals surface area contributed by atoms with Crippen molar-refractivity contribution in [2.45, 2.75) is 32.1 Å². The molecule has 0 aliphatic carbocycles. The van der Waals surface area contributed by atoms with Crippen LogP contribution in [0.3, 0.4) is 0 Å². The minimum atomic E-state index is -0.247. The van der Waals surface area contributed by atoms with Crippen LogP contribution in [0.4, 0.5) is 0 Å². The number of amides is 1. The lowest BCUT2D eigenvalue weighted by molar-refractivity contribution is 0.0778. The Bertz CT molecular complexity index is 901. The Morgan fingerprint density at radius 2 is 1.70 bits per heavy atom. The molecule has 0 aromatic heterocycles. The van der Waals surface area contributed by atoms with Crippen LogP contribution in [0.1, 0.15) is 39.9 Å². The van der Waals surface area contributed by atoms with Gasteiger partial charge in [-0.25, -0.2) is 0 Å². The fraction of sp³-hybridized carbons (Fsp3) is 0.458. The van der Waals surface area contributed by atoms with E-state index in [0.717, 1.165) is 6.42 Å². The summed E-state index contributed by atoms with van der Waals surface area (Å²) >= 11 is 0. The Balaban J connectivity index is 1.92. The molecule has 6 heteroatoms. The third-order valence-electron chi connectivity index (χ3n) is 6.26. The van der Waals surface area contributed by atoms with Gasteiger partial charge in [0.1, 0.15) is 0 Å². The molecule has 2 aromatic rings. The number of likely N-dealkylation sites (tertiary alicyclic amines) is 1. The first-order chi connectivity index (χ1) is 14.4. The van der Waals surface area contributed by atoms with E-state index in [0.29, 0.717) is 42.3 Å². The molecule has 0 saturated carbocycles. The smallest absolute Gasteiger partial charge is 0.254 e. The fourth-order valence-corrected chi connectivity index (χ4v) is 4.30. The number of hydrogen-bond donors (Lipinski definition) is 1. The number of methoxy groups -OCH3 is 3. The lowest BCUT2D eigenvalue weighted by Crippen LogP contribution is -2.35. The van der Waals surface area contributed by atoms with Crippen molar-refractivity contribution in [3.05, 3.63) is 52.6 Å². The zero-order chi connectivity index (χ0) is 21.9. The standard InChI is InChI=1S/C24H31NO5/c1-16-6-7-19(12-17(16)2)24(9-11-26)8-10-25(15-24)23(27)18-13-20(28-3)22(30-5)21(14-18)29-4/h6-7,12-14,26H,8-11,15H2,1-5H3. The molecule has 30 heavy (non-hydrogen) atoms. The van der Waals surface area contributed by atoms with E-state index >= 15 is 0 Å². The number of nitrogens with zero attached hydrogens (tertiary/aromatic N) is 1. The highest BCUT2D eigenvalue weighted by atomic mass is 16.5. The van der Waals surface area contributed by atoms with Crippen LogP contribution in [0.5, 0.6) is 17.2 Å². The van der Waals surface area contributed by atoms with Gasteiger partial charge in [-0.15, -0.1) is 0 Å². The molecule has 0 bridgehead atoms. The van der Waals surface area contributed by atoms with Gasteiger partial charge in [0.15, 0.2) is 11.5 Å². The normalized spacial score (nSPS) is 18.4. The van der Waals surface area contributed by atoms with Crippen molar-refractivity contribution in [1.82, 2.24) is 4.90 Å². The van der Waals surface area contributed by atoms with Crippen LogP contribution < -0.4 is 14.2 Å². The third-order valence-corrected chi connectivity index (χ3v) is 6.26. The second kappa shape index (κ2) is 8.96. The van der Waals surface area contributed by atoms with E-state index in [2.05, 4.69) is 32.0 Å². The first-order valence-electron chi connectivity index (χ1n) is 10.2. The maximum absolute atomic E-state index is 13.3. The molecule has 162 valence electrons. The number of benzene rings is 2. The quantitative estimate of drug-likeness (QED) is 0.753. The summed E-state index contributed by atoms with van der Waals surface area (Å²) in [6.45, 7) is 5.46. The molecule has 1 aliphatic rings. The molecule has 1 N–H and O–H groups in total. The van der Waals surface area contributed by atoms with Crippen molar-refractivity contribution in [2.75, 3.05) is 41.0 Å². The van der Waals surface area contributed by atoms with Crippen LogP contribution in [0.15, 0.2) is 30.3 Å². The average Bonchev–Trinajstić information content (AvgIpc) is 3.19. The molecular weight excluding hydrogens is 382 g/mol. The van der Waals surface area contributed by atoms with Crippen LogP contribution in [0, 0.1) is 13.8 Å². The summed E-state index contributed by atoms with van der Waals surface area (Å²) in [6, 6.07) is 9.81. The monoisotopic (exact) mass is 413 g/mol. The molecule has 1 amide bonds. The largest absolute Gasteiger partial charge is 0.493 e. The second-order valence-electron chi connectivity index (χ2n) is 7.94. The van der Waals surface area contributed by atoms with Gasteiger partial charge in [0.05, 0.1) is 21.3 Å². The molecule has 1 aliphatic heterocycles. The number of ether oxygens (including phenoxy) is 3. The molecule has 1 heterocycles. The molecule has 3 rings (SSSR count). The first-order valence-corrected chi connectivity index (χ1v) is 10.2. The highest BCUT2D eigenvalue weighted by molar-refractivity contribution is 5.96. The maximum Gasteiger partial charge on any atom is 0.254 e. The summed E-state index contributed by atoms with van der Waals surface area (Å²) in [5.41, 5.74) is 3.88. The van der Waals surface area contributed by atoms with Crippen molar-refractivity contribution in [3.63, 3.8) is 0 Å². The van der Waals surface area contributed by atoms with Crippen molar-refractivity contribution >= 4 is 5.91 Å². The van der Waals surface area contributed by atoms with Gasteiger partial charge >= 0.3 is 0 Å². The summed E-state index contributed by atoms with van der Waals surface area (Å²) in [5.74, 6) is 1.28. The molecule has 2 aromatic carbocycles. The Hall–Kier alpha value is -2.73. The van der Waals surface area contributed by atoms with E-state index in [9.17, 15) is 9.90 Å². The summed E-state index contributed by atoms with van der Waals surface area (Å²) in [6.07, 6.45) is 1.43. The fourth-order valence-electron chi connectivity index (χ4n) is 4.30. The Morgan fingerprint density at radius 3 is 2.23 bits per heavy atom. The Morgan fingerprint density at radius 1 is 1.03 bits per heavy atom. The number of aliphatic hydroxyl groups is 1. The summed E-state index contributed by atoms with van der Waals surface area (Å²) in [4.78, 5) is 15.2. The van der Waals surface area contributed by atoms with Crippen LogP contribution in [-0.2, 0) is 5.41 Å². The minimum absolute atomic E-state index is 0.0825. The predicted molar refractivity (Wildman–Crippen MR) is 116 cm³/mol. The summed E-state index contributed by atoms with van der Waals surface area (Å²) in [5, 5.41) is 9.76. The van der Waals surface area contributed by atoms with Gasteiger partial charge in [-0.3, -0.25) is 4.79 Å². The van der Waals surface area contributed by atoms with Crippen LogP contribution in [0.25, 0.3) is 0 Å². The van der Waals surface area contributed by atoms with Gasteiger partial charge in [0.25, 0.3) is 5.91 Å². The van der Waals surface area contributed by atoms with Crippen LogP contribution in [0.2, 0.25) is 0 Å². The molecule has 1 unspecified atom stereocenters. The molecule has 1 saturated heterocycles. The second-order valence-corrected chi connectivity index (χ2v) is 7.94. The molecule has 6 nitrogen and oxygen atoms in total. The number of carbonyl (C=O) groups is 1. The van der Waals surface area contributed by atoms with Gasteiger partial charge in [-0.1, -0.05) is 18.2 Å². The SMILES string of the molecule is COc1cc(C(=O)N2CCC(CCO)(c3ccc(C)c(C)c3)C2)cc(OC)c1OC. The number of hydrogen-bond acceptors (Lipinski definition) is 5. The van der Waals surface area contributed by atoms with Crippen molar-refractivity contribution in [3.8, 4) is 17.2 Å². The van der Waals surface area contributed by atoms with E-state index in [1.807, 2.05) is 4.90 Å². The van der Waals surface area contributed by atoms with Crippen molar-refractivity contribution in [1.29, 1.82) is 0 Å². The average molecular weight is 414 g/mol. The Kier molecular flexibility index (Phi) is 6.56. The number of aryl methyl sites for hydroxylation is 2. The molecule has 1 fully saturated rings. The maximum atomic E-state index is 13.3. The van der Waals surface area contributed by atoms with Crippen molar-refractivity contribution in [2.24, 2.45) is 0 Å². The zero-order valence-corrected chi connectivity index (χ0v) is 18.4. The number of rotatable bonds is 7. The van der Waals surface area contributed by atoms with Crippen molar-refractivity contribution < 1.29 is 24.1 Å². The van der Waals surface area contributed by atoms with Gasteiger partial charge < -0.3 is 24.2 Å². The highest BCUT2D eigenvalue weighted by Gasteiger charge is 2.41. The highest BCUT2D eigenvalue weighted by Crippen LogP contribution is 2.41. The van der Waals surface area contributed by atoms with Gasteiger partial charge in [0.2, 0.25) is 5.75 Å². The topological polar surface area (TPSA) is 68.2 Å². The third kappa shape index (κ3) is 3.97. The van der Waals surface area contributed by atoms with E-state index in [4.69, 9.17) is 14.2 Å². The molecule has 1 atom stereocenters.